The molecule has 9 atom stereocenters. The Morgan fingerprint density at radius 1 is 1.08 bits per heavy atom. The minimum atomic E-state index is -1.42. The summed E-state index contributed by atoms with van der Waals surface area (Å²) in [6, 6.07) is 2.01. The van der Waals surface area contributed by atoms with Gasteiger partial charge in [0.25, 0.3) is 0 Å². The summed E-state index contributed by atoms with van der Waals surface area (Å²) >= 11 is 0. The number of carboxylic acids is 1. The van der Waals surface area contributed by atoms with E-state index in [2.05, 4.69) is 17.2 Å². The number of esters is 1. The molecule has 48 heavy (non-hydrogen) atoms. The second-order valence-electron chi connectivity index (χ2n) is 14.6. The molecule has 0 saturated heterocycles. The summed E-state index contributed by atoms with van der Waals surface area (Å²) in [4.78, 5) is 65.1. The van der Waals surface area contributed by atoms with Crippen LogP contribution in [0.3, 0.4) is 0 Å². The van der Waals surface area contributed by atoms with Gasteiger partial charge in [-0.15, -0.1) is 0 Å². The first kappa shape index (κ1) is 35.5. The van der Waals surface area contributed by atoms with E-state index in [0.29, 0.717) is 44.9 Å². The van der Waals surface area contributed by atoms with Gasteiger partial charge in [0.1, 0.15) is 18.4 Å². The Kier molecular flexibility index (Phi) is 10.1. The zero-order valence-corrected chi connectivity index (χ0v) is 27.4. The molecule has 4 fully saturated rings. The van der Waals surface area contributed by atoms with Gasteiger partial charge in [0, 0.05) is 30.9 Å². The molecule has 4 aliphatic carbocycles. The normalized spacial score (nSPS) is 36.0. The van der Waals surface area contributed by atoms with Crippen LogP contribution in [0.4, 0.5) is 0 Å². The van der Waals surface area contributed by atoms with Gasteiger partial charge in [-0.05, 0) is 93.6 Å². The molecule has 4 saturated carbocycles. The SMILES string of the molecule is C[C@]12CC[C@H]3[C@@H](CC[C@]4(O)C[C@@H](OC(=O)CCC(=O)N[C@@H](CCCN=C(N)N)C(=O)O)CC[C@]34C=O)[C@@]1(O)CC[C@@H]2c1ccc(=O)oc1. The summed E-state index contributed by atoms with van der Waals surface area (Å²) in [6.45, 7) is 2.31. The highest BCUT2D eigenvalue weighted by molar-refractivity contribution is 5.85. The number of hydrogen-bond acceptors (Lipinski definition) is 10. The third-order valence-corrected chi connectivity index (χ3v) is 12.3. The third kappa shape index (κ3) is 6.36. The smallest absolute Gasteiger partial charge is 0.335 e. The van der Waals surface area contributed by atoms with Crippen LogP contribution in [0.15, 0.2) is 32.6 Å². The van der Waals surface area contributed by atoms with E-state index in [1.54, 1.807) is 6.07 Å². The van der Waals surface area contributed by atoms with Crippen LogP contribution in [0.25, 0.3) is 0 Å². The standard InChI is InChI=1S/C34H48N4O10/c1-31-12-9-23-24(34(31,46)15-11-22(31)20-4-6-27(41)47-18-20)10-14-33(45)17-21(8-13-32(23,33)19-39)48-28(42)7-5-26(40)38-25(29(43)44)3-2-16-37-30(35)36/h4,6,18-19,21-25,45-46H,2-3,5,7-17H2,1H3,(H,38,40)(H,43,44)(H4,35,36,37)/t21-,22+,23-,24+,25-,31+,32-,33-,34-/m0/s1. The molecule has 0 unspecified atom stereocenters. The van der Waals surface area contributed by atoms with Gasteiger partial charge >= 0.3 is 17.6 Å². The van der Waals surface area contributed by atoms with Crippen molar-refractivity contribution in [1.29, 1.82) is 0 Å². The van der Waals surface area contributed by atoms with Crippen molar-refractivity contribution >= 4 is 30.1 Å². The first-order valence-corrected chi connectivity index (χ1v) is 16.9. The molecule has 0 aliphatic heterocycles. The number of guanidine groups is 1. The fourth-order valence-electron chi connectivity index (χ4n) is 9.82. The maximum atomic E-state index is 13.0. The molecule has 1 amide bonds. The Hall–Kier alpha value is -3.78. The van der Waals surface area contributed by atoms with E-state index < -0.39 is 57.6 Å². The number of rotatable bonds is 12. The molecular weight excluding hydrogens is 624 g/mol. The quantitative estimate of drug-likeness (QED) is 0.0608. The Morgan fingerprint density at radius 3 is 2.50 bits per heavy atom. The van der Waals surface area contributed by atoms with Crippen molar-refractivity contribution in [2.45, 2.75) is 120 Å². The Morgan fingerprint density at radius 2 is 1.83 bits per heavy atom. The fraction of sp³-hybridized carbons (Fsp3) is 0.706. The summed E-state index contributed by atoms with van der Waals surface area (Å²) < 4.78 is 10.8. The van der Waals surface area contributed by atoms with E-state index in [0.717, 1.165) is 18.3 Å². The van der Waals surface area contributed by atoms with Crippen molar-refractivity contribution in [2.75, 3.05) is 6.54 Å². The molecule has 264 valence electrons. The number of nitrogens with zero attached hydrogens (tertiary/aromatic N) is 1. The largest absolute Gasteiger partial charge is 0.480 e. The number of carboxylic acid groups (broad SMARTS) is 1. The van der Waals surface area contributed by atoms with E-state index in [-0.39, 0.29) is 62.4 Å². The number of nitrogens with one attached hydrogen (secondary N) is 1. The molecule has 14 heteroatoms. The molecule has 0 aromatic carbocycles. The second kappa shape index (κ2) is 13.6. The summed E-state index contributed by atoms with van der Waals surface area (Å²) in [6.07, 6.45) is 5.64. The average molecular weight is 673 g/mol. The highest BCUT2D eigenvalue weighted by Gasteiger charge is 2.71. The maximum absolute atomic E-state index is 13.0. The van der Waals surface area contributed by atoms with Gasteiger partial charge in [0.05, 0.1) is 29.3 Å². The zero-order chi connectivity index (χ0) is 34.9. The summed E-state index contributed by atoms with van der Waals surface area (Å²) in [5.74, 6) is -3.06. The van der Waals surface area contributed by atoms with Crippen LogP contribution in [0.5, 0.6) is 0 Å². The van der Waals surface area contributed by atoms with E-state index in [1.807, 2.05) is 0 Å². The molecule has 14 nitrogen and oxygen atoms in total. The van der Waals surface area contributed by atoms with Crippen molar-refractivity contribution in [3.8, 4) is 0 Å². The van der Waals surface area contributed by atoms with Crippen LogP contribution in [0, 0.1) is 22.7 Å². The van der Waals surface area contributed by atoms with Gasteiger partial charge < -0.3 is 46.1 Å². The number of aliphatic carboxylic acids is 1. The van der Waals surface area contributed by atoms with Crippen molar-refractivity contribution in [3.63, 3.8) is 0 Å². The van der Waals surface area contributed by atoms with Crippen molar-refractivity contribution in [3.05, 3.63) is 34.4 Å². The molecule has 8 N–H and O–H groups in total. The first-order chi connectivity index (χ1) is 22.7. The lowest BCUT2D eigenvalue weighted by Crippen LogP contribution is -2.68. The molecule has 0 radical (unpaired) electrons. The van der Waals surface area contributed by atoms with Gasteiger partial charge in [-0.2, -0.15) is 0 Å². The van der Waals surface area contributed by atoms with Crippen molar-refractivity contribution < 1.29 is 43.7 Å². The molecule has 1 heterocycles. The lowest BCUT2D eigenvalue weighted by atomic mass is 9.41. The minimum absolute atomic E-state index is 0.0102. The number of hydrogen-bond donors (Lipinski definition) is 6. The van der Waals surface area contributed by atoms with Gasteiger partial charge in [-0.25, -0.2) is 9.59 Å². The maximum Gasteiger partial charge on any atom is 0.335 e. The zero-order valence-electron chi connectivity index (χ0n) is 27.4. The molecular formula is C34H48N4O10. The van der Waals surface area contributed by atoms with E-state index in [9.17, 15) is 39.3 Å². The molecule has 1 aromatic rings. The van der Waals surface area contributed by atoms with Crippen LogP contribution in [0.2, 0.25) is 0 Å². The Bertz CT molecular complexity index is 1470. The van der Waals surface area contributed by atoms with E-state index >= 15 is 0 Å². The van der Waals surface area contributed by atoms with Gasteiger partial charge in [-0.1, -0.05) is 6.92 Å². The van der Waals surface area contributed by atoms with Crippen LogP contribution < -0.4 is 22.4 Å². The van der Waals surface area contributed by atoms with E-state index in [1.165, 1.54) is 12.3 Å². The lowest BCUT2D eigenvalue weighted by Gasteiger charge is -2.65. The van der Waals surface area contributed by atoms with Crippen LogP contribution in [-0.4, -0.2) is 75.3 Å². The van der Waals surface area contributed by atoms with Gasteiger partial charge in [0.15, 0.2) is 5.96 Å². The van der Waals surface area contributed by atoms with Crippen LogP contribution in [0.1, 0.15) is 102 Å². The van der Waals surface area contributed by atoms with Crippen molar-refractivity contribution in [1.82, 2.24) is 5.32 Å². The Labute approximate surface area is 278 Å². The lowest BCUT2D eigenvalue weighted by molar-refractivity contribution is -0.248. The minimum Gasteiger partial charge on any atom is -0.480 e. The van der Waals surface area contributed by atoms with Gasteiger partial charge in [0.2, 0.25) is 5.91 Å². The number of carbonyl (C=O) groups excluding carboxylic acids is 3. The summed E-state index contributed by atoms with van der Waals surface area (Å²) in [5.41, 5.74) is 6.90. The monoisotopic (exact) mass is 672 g/mol. The number of aliphatic hydroxyl groups is 2. The number of ether oxygens (including phenoxy) is 1. The van der Waals surface area contributed by atoms with E-state index in [4.69, 9.17) is 20.6 Å². The Balaban J connectivity index is 1.19. The molecule has 1 aromatic heterocycles. The molecule has 5 rings (SSSR count). The third-order valence-electron chi connectivity index (χ3n) is 12.3. The highest BCUT2D eigenvalue weighted by atomic mass is 16.5. The molecule has 4 aliphatic rings. The fourth-order valence-corrected chi connectivity index (χ4v) is 9.82. The number of fused-ring (bicyclic) bond motifs is 5. The number of carbonyl (C=O) groups is 4. The predicted molar refractivity (Wildman–Crippen MR) is 171 cm³/mol. The van der Waals surface area contributed by atoms with Crippen LogP contribution >= 0.6 is 0 Å². The number of aliphatic imine (C=N–C) groups is 1. The summed E-state index contributed by atoms with van der Waals surface area (Å²) in [5, 5.41) is 36.4. The topological polar surface area (TPSA) is 245 Å². The van der Waals surface area contributed by atoms with Crippen LogP contribution in [-0.2, 0) is 23.9 Å². The average Bonchev–Trinajstić information content (AvgIpc) is 3.32. The number of aldehydes is 1. The summed E-state index contributed by atoms with van der Waals surface area (Å²) in [7, 11) is 0. The first-order valence-electron chi connectivity index (χ1n) is 16.9. The second-order valence-corrected chi connectivity index (χ2v) is 14.6. The molecule has 0 spiro atoms. The molecule has 0 bridgehead atoms. The van der Waals surface area contributed by atoms with Crippen molar-refractivity contribution in [2.24, 2.45) is 39.1 Å². The number of amides is 1. The predicted octanol–water partition coefficient (Wildman–Crippen LogP) is 1.49. The highest BCUT2D eigenvalue weighted by Crippen LogP contribution is 2.71. The van der Waals surface area contributed by atoms with Gasteiger partial charge in [-0.3, -0.25) is 14.6 Å². The number of nitrogens with two attached hydrogens (primary N) is 2.